The first kappa shape index (κ1) is 16.0. The molecule has 0 bridgehead atoms. The molecule has 1 aromatic rings. The summed E-state index contributed by atoms with van der Waals surface area (Å²) in [5.41, 5.74) is 3.04. The minimum atomic E-state index is 0. The molecule has 106 valence electrons. The summed E-state index contributed by atoms with van der Waals surface area (Å²) in [4.78, 5) is 12.3. The van der Waals surface area contributed by atoms with Gasteiger partial charge in [-0.2, -0.15) is 0 Å². The summed E-state index contributed by atoms with van der Waals surface area (Å²) in [5, 5.41) is 6.51. The zero-order valence-corrected chi connectivity index (χ0v) is 12.6. The lowest BCUT2D eigenvalue weighted by Crippen LogP contribution is -2.48. The number of amides is 1. The number of aryl methyl sites for hydroxylation is 2. The predicted octanol–water partition coefficient (Wildman–Crippen LogP) is 2.45. The van der Waals surface area contributed by atoms with Crippen LogP contribution in [-0.4, -0.2) is 25.0 Å². The topological polar surface area (TPSA) is 41.1 Å². The van der Waals surface area contributed by atoms with Gasteiger partial charge >= 0.3 is 0 Å². The summed E-state index contributed by atoms with van der Waals surface area (Å²) in [6.07, 6.45) is 1.01. The average Bonchev–Trinajstić information content (AvgIpc) is 2.32. The quantitative estimate of drug-likeness (QED) is 0.875. The largest absolute Gasteiger partial charge is 0.349 e. The molecule has 0 saturated carbocycles. The van der Waals surface area contributed by atoms with Crippen LogP contribution in [0.25, 0.3) is 0 Å². The molecule has 0 spiro atoms. The van der Waals surface area contributed by atoms with Crippen molar-refractivity contribution in [2.24, 2.45) is 5.92 Å². The fraction of sp³-hybridized carbons (Fsp3) is 0.533. The molecule has 1 saturated heterocycles. The minimum absolute atomic E-state index is 0. The van der Waals surface area contributed by atoms with E-state index in [2.05, 4.69) is 23.6 Å². The smallest absolute Gasteiger partial charge is 0.251 e. The molecule has 1 aliphatic heterocycles. The molecule has 1 aliphatic rings. The molecule has 4 heteroatoms. The van der Waals surface area contributed by atoms with Crippen molar-refractivity contribution < 1.29 is 4.79 Å². The fourth-order valence-corrected chi connectivity index (χ4v) is 2.54. The molecule has 2 N–H and O–H groups in total. The highest BCUT2D eigenvalue weighted by Crippen LogP contribution is 2.14. The molecule has 0 aromatic heterocycles. The number of nitrogens with one attached hydrogen (secondary N) is 2. The maximum absolute atomic E-state index is 12.3. The molecule has 1 amide bonds. The molecule has 2 atom stereocenters. The van der Waals surface area contributed by atoms with Crippen molar-refractivity contribution in [3.05, 3.63) is 34.9 Å². The third-order valence-electron chi connectivity index (χ3n) is 3.73. The predicted molar refractivity (Wildman–Crippen MR) is 81.1 cm³/mol. The highest BCUT2D eigenvalue weighted by molar-refractivity contribution is 5.95. The fourth-order valence-electron chi connectivity index (χ4n) is 2.54. The van der Waals surface area contributed by atoms with E-state index in [1.165, 1.54) is 5.56 Å². The molecule has 2 rings (SSSR count). The second-order valence-corrected chi connectivity index (χ2v) is 5.37. The number of hydrogen-bond acceptors (Lipinski definition) is 2. The van der Waals surface area contributed by atoms with Crippen LogP contribution in [0.4, 0.5) is 0 Å². The van der Waals surface area contributed by atoms with Crippen molar-refractivity contribution in [3.8, 4) is 0 Å². The summed E-state index contributed by atoms with van der Waals surface area (Å²) in [7, 11) is 0. The van der Waals surface area contributed by atoms with Gasteiger partial charge in [0.15, 0.2) is 0 Å². The Morgan fingerprint density at radius 1 is 1.37 bits per heavy atom. The van der Waals surface area contributed by atoms with E-state index in [-0.39, 0.29) is 18.3 Å². The van der Waals surface area contributed by atoms with Crippen LogP contribution in [-0.2, 0) is 0 Å². The van der Waals surface area contributed by atoms with Gasteiger partial charge in [-0.1, -0.05) is 24.6 Å². The van der Waals surface area contributed by atoms with Crippen molar-refractivity contribution in [2.45, 2.75) is 33.2 Å². The minimum Gasteiger partial charge on any atom is -0.349 e. The van der Waals surface area contributed by atoms with Crippen molar-refractivity contribution >= 4 is 18.3 Å². The molecular weight excluding hydrogens is 260 g/mol. The maximum atomic E-state index is 12.3. The summed E-state index contributed by atoms with van der Waals surface area (Å²) in [6.45, 7) is 8.19. The second kappa shape index (κ2) is 6.92. The van der Waals surface area contributed by atoms with Gasteiger partial charge in [-0.15, -0.1) is 12.4 Å². The van der Waals surface area contributed by atoms with E-state index < -0.39 is 0 Å². The van der Waals surface area contributed by atoms with Gasteiger partial charge in [0.05, 0.1) is 0 Å². The number of carbonyl (C=O) groups is 1. The van der Waals surface area contributed by atoms with Crippen LogP contribution < -0.4 is 10.6 Å². The molecule has 1 heterocycles. The molecule has 1 fully saturated rings. The Labute approximate surface area is 121 Å². The Morgan fingerprint density at radius 2 is 2.11 bits per heavy atom. The Kier molecular flexibility index (Phi) is 5.83. The van der Waals surface area contributed by atoms with Crippen molar-refractivity contribution in [1.82, 2.24) is 10.6 Å². The molecule has 2 unspecified atom stereocenters. The number of rotatable bonds is 2. The van der Waals surface area contributed by atoms with Crippen molar-refractivity contribution in [1.29, 1.82) is 0 Å². The lowest BCUT2D eigenvalue weighted by Gasteiger charge is -2.30. The number of piperidine rings is 1. The number of carbonyl (C=O) groups excluding carboxylic acids is 1. The Morgan fingerprint density at radius 3 is 2.74 bits per heavy atom. The van der Waals surface area contributed by atoms with Crippen molar-refractivity contribution in [2.75, 3.05) is 13.1 Å². The van der Waals surface area contributed by atoms with E-state index in [9.17, 15) is 4.79 Å². The van der Waals surface area contributed by atoms with E-state index >= 15 is 0 Å². The SMILES string of the molecule is Cc1ccc(C(=O)NC2CCNCC2C)c(C)c1.Cl. The lowest BCUT2D eigenvalue weighted by atomic mass is 9.94. The Hall–Kier alpha value is -1.06. The number of halogens is 1. The highest BCUT2D eigenvalue weighted by atomic mass is 35.5. The Bertz CT molecular complexity index is 448. The average molecular weight is 283 g/mol. The maximum Gasteiger partial charge on any atom is 0.251 e. The van der Waals surface area contributed by atoms with Crippen LogP contribution in [0.2, 0.25) is 0 Å². The van der Waals surface area contributed by atoms with E-state index in [0.29, 0.717) is 12.0 Å². The van der Waals surface area contributed by atoms with E-state index in [4.69, 9.17) is 0 Å². The summed E-state index contributed by atoms with van der Waals surface area (Å²) in [6, 6.07) is 6.26. The number of hydrogen-bond donors (Lipinski definition) is 2. The van der Waals surface area contributed by atoms with Gasteiger partial charge in [0.1, 0.15) is 0 Å². The van der Waals surface area contributed by atoms with E-state index in [1.54, 1.807) is 0 Å². The van der Waals surface area contributed by atoms with Crippen LogP contribution in [0.1, 0.15) is 34.8 Å². The Balaban J connectivity index is 0.00000180. The summed E-state index contributed by atoms with van der Waals surface area (Å²) >= 11 is 0. The third-order valence-corrected chi connectivity index (χ3v) is 3.73. The zero-order chi connectivity index (χ0) is 13.1. The van der Waals surface area contributed by atoms with Crippen LogP contribution >= 0.6 is 12.4 Å². The van der Waals surface area contributed by atoms with Gasteiger partial charge in [0.2, 0.25) is 0 Å². The second-order valence-electron chi connectivity index (χ2n) is 5.37. The molecule has 19 heavy (non-hydrogen) atoms. The van der Waals surface area contributed by atoms with Gasteiger partial charge < -0.3 is 10.6 Å². The standard InChI is InChI=1S/C15H22N2O.ClH/c1-10-4-5-13(11(2)8-10)15(18)17-14-6-7-16-9-12(14)3;/h4-5,8,12,14,16H,6-7,9H2,1-3H3,(H,17,18);1H. The summed E-state index contributed by atoms with van der Waals surface area (Å²) < 4.78 is 0. The van der Waals surface area contributed by atoms with E-state index in [0.717, 1.165) is 30.6 Å². The third kappa shape index (κ3) is 3.95. The highest BCUT2D eigenvalue weighted by Gasteiger charge is 2.23. The summed E-state index contributed by atoms with van der Waals surface area (Å²) in [5.74, 6) is 0.555. The van der Waals surface area contributed by atoms with Gasteiger partial charge in [-0.3, -0.25) is 4.79 Å². The first-order valence-corrected chi connectivity index (χ1v) is 6.67. The van der Waals surface area contributed by atoms with Gasteiger partial charge in [0, 0.05) is 11.6 Å². The first-order valence-electron chi connectivity index (χ1n) is 6.67. The van der Waals surface area contributed by atoms with Gasteiger partial charge in [-0.05, 0) is 50.9 Å². The molecule has 0 radical (unpaired) electrons. The van der Waals surface area contributed by atoms with Gasteiger partial charge in [0.25, 0.3) is 5.91 Å². The normalized spacial score (nSPS) is 22.5. The molecular formula is C15H23ClN2O. The first-order chi connectivity index (χ1) is 8.58. The van der Waals surface area contributed by atoms with Crippen LogP contribution in [0.15, 0.2) is 18.2 Å². The molecule has 1 aromatic carbocycles. The van der Waals surface area contributed by atoms with Crippen LogP contribution in [0, 0.1) is 19.8 Å². The number of benzene rings is 1. The van der Waals surface area contributed by atoms with Crippen LogP contribution in [0.5, 0.6) is 0 Å². The van der Waals surface area contributed by atoms with Crippen molar-refractivity contribution in [3.63, 3.8) is 0 Å². The zero-order valence-electron chi connectivity index (χ0n) is 11.8. The lowest BCUT2D eigenvalue weighted by molar-refractivity contribution is 0.0913. The van der Waals surface area contributed by atoms with Crippen LogP contribution in [0.3, 0.4) is 0 Å². The van der Waals surface area contributed by atoms with Gasteiger partial charge in [-0.25, -0.2) is 0 Å². The van der Waals surface area contributed by atoms with E-state index in [1.807, 2.05) is 26.0 Å². The molecule has 3 nitrogen and oxygen atoms in total. The monoisotopic (exact) mass is 282 g/mol. The molecule has 0 aliphatic carbocycles.